The second kappa shape index (κ2) is 8.62. The molecule has 2 saturated heterocycles. The van der Waals surface area contributed by atoms with Crippen molar-refractivity contribution in [3.63, 3.8) is 0 Å². The van der Waals surface area contributed by atoms with Gasteiger partial charge in [0.05, 0.1) is 6.04 Å². The highest BCUT2D eigenvalue weighted by Crippen LogP contribution is 2.26. The Morgan fingerprint density at radius 2 is 2.00 bits per heavy atom. The van der Waals surface area contributed by atoms with E-state index in [2.05, 4.69) is 5.32 Å². The van der Waals surface area contributed by atoms with Gasteiger partial charge in [-0.05, 0) is 42.9 Å². The molecule has 3 rings (SSSR count). The number of nitrogens with zero attached hydrogens (tertiary/aromatic N) is 2. The van der Waals surface area contributed by atoms with Gasteiger partial charge in [-0.2, -0.15) is 0 Å². The first kappa shape index (κ1) is 18.8. The molecule has 5 nitrogen and oxygen atoms in total. The predicted molar refractivity (Wildman–Crippen MR) is 97.9 cm³/mol. The van der Waals surface area contributed by atoms with Crippen LogP contribution in [0, 0.1) is 11.7 Å². The minimum Gasteiger partial charge on any atom is -0.343 e. The normalized spacial score (nSPS) is 21.7. The quantitative estimate of drug-likeness (QED) is 0.896. The van der Waals surface area contributed by atoms with Crippen LogP contribution in [0.2, 0.25) is 0 Å². The molecule has 2 aliphatic rings. The van der Waals surface area contributed by atoms with E-state index in [1.54, 1.807) is 13.0 Å². The van der Waals surface area contributed by atoms with Crippen LogP contribution in [-0.2, 0) is 9.59 Å². The van der Waals surface area contributed by atoms with Crippen LogP contribution in [0.4, 0.5) is 4.39 Å². The number of amides is 2. The first-order chi connectivity index (χ1) is 12.5. The lowest BCUT2D eigenvalue weighted by Gasteiger charge is -2.37. The van der Waals surface area contributed by atoms with Gasteiger partial charge in [-0.25, -0.2) is 4.39 Å². The van der Waals surface area contributed by atoms with Crippen LogP contribution >= 0.6 is 0 Å². The van der Waals surface area contributed by atoms with E-state index in [4.69, 9.17) is 0 Å². The zero-order chi connectivity index (χ0) is 18.5. The molecule has 1 N–H and O–H groups in total. The standard InChI is InChI=1S/C20H28FN3O2/c1-15(25)23-10-7-16(8-11-23)5-6-20(26)24-12-9-22-14-19(24)17-3-2-4-18(21)13-17/h2-4,13,16,19,22H,5-12,14H2,1H3. The summed E-state index contributed by atoms with van der Waals surface area (Å²) in [6, 6.07) is 6.43. The van der Waals surface area contributed by atoms with E-state index in [0.29, 0.717) is 25.4 Å². The second-order valence-electron chi connectivity index (χ2n) is 7.35. The third kappa shape index (κ3) is 4.61. The molecule has 1 aromatic carbocycles. The Kier molecular flexibility index (Phi) is 6.25. The van der Waals surface area contributed by atoms with E-state index in [-0.39, 0.29) is 23.7 Å². The Bertz CT molecular complexity index is 644. The van der Waals surface area contributed by atoms with Crippen LogP contribution in [0.25, 0.3) is 0 Å². The van der Waals surface area contributed by atoms with Crippen molar-refractivity contribution in [3.05, 3.63) is 35.6 Å². The summed E-state index contributed by atoms with van der Waals surface area (Å²) >= 11 is 0. The molecule has 0 aliphatic carbocycles. The maximum atomic E-state index is 13.6. The third-order valence-electron chi connectivity index (χ3n) is 5.62. The third-order valence-corrected chi connectivity index (χ3v) is 5.62. The molecular weight excluding hydrogens is 333 g/mol. The number of hydrogen-bond donors (Lipinski definition) is 1. The molecule has 0 radical (unpaired) electrons. The Balaban J connectivity index is 1.55. The number of carbonyl (C=O) groups is 2. The molecule has 2 aliphatic heterocycles. The van der Waals surface area contributed by atoms with E-state index in [0.717, 1.165) is 44.5 Å². The number of rotatable bonds is 4. The summed E-state index contributed by atoms with van der Waals surface area (Å²) in [6.07, 6.45) is 3.34. The summed E-state index contributed by atoms with van der Waals surface area (Å²) in [5.74, 6) is 0.524. The molecule has 2 fully saturated rings. The number of piperazine rings is 1. The van der Waals surface area contributed by atoms with E-state index < -0.39 is 0 Å². The van der Waals surface area contributed by atoms with Crippen molar-refractivity contribution in [2.75, 3.05) is 32.7 Å². The van der Waals surface area contributed by atoms with Gasteiger partial charge in [0.15, 0.2) is 0 Å². The highest BCUT2D eigenvalue weighted by molar-refractivity contribution is 5.77. The molecule has 6 heteroatoms. The smallest absolute Gasteiger partial charge is 0.223 e. The summed E-state index contributed by atoms with van der Waals surface area (Å²) in [5, 5.41) is 3.30. The SMILES string of the molecule is CC(=O)N1CCC(CCC(=O)N2CCNCC2c2cccc(F)c2)CC1. The van der Waals surface area contributed by atoms with Crippen molar-refractivity contribution in [3.8, 4) is 0 Å². The molecule has 1 unspecified atom stereocenters. The van der Waals surface area contributed by atoms with Gasteiger partial charge >= 0.3 is 0 Å². The van der Waals surface area contributed by atoms with Gasteiger partial charge in [-0.3, -0.25) is 9.59 Å². The van der Waals surface area contributed by atoms with E-state index in [9.17, 15) is 14.0 Å². The fourth-order valence-corrected chi connectivity index (χ4v) is 4.02. The number of carbonyl (C=O) groups excluding carboxylic acids is 2. The van der Waals surface area contributed by atoms with Crippen LogP contribution in [0.15, 0.2) is 24.3 Å². The van der Waals surface area contributed by atoms with Gasteiger partial charge in [-0.15, -0.1) is 0 Å². The number of piperidine rings is 1. The monoisotopic (exact) mass is 361 g/mol. The molecule has 1 atom stereocenters. The lowest BCUT2D eigenvalue weighted by molar-refractivity contribution is -0.135. The van der Waals surface area contributed by atoms with Gasteiger partial charge in [0.25, 0.3) is 0 Å². The van der Waals surface area contributed by atoms with Crippen LogP contribution in [0.1, 0.15) is 44.2 Å². The largest absolute Gasteiger partial charge is 0.343 e. The summed E-state index contributed by atoms with van der Waals surface area (Å²) in [4.78, 5) is 28.0. The Hall–Kier alpha value is -1.95. The number of nitrogens with one attached hydrogen (secondary N) is 1. The minimum absolute atomic E-state index is 0.105. The fourth-order valence-electron chi connectivity index (χ4n) is 4.02. The van der Waals surface area contributed by atoms with Crippen molar-refractivity contribution < 1.29 is 14.0 Å². The molecule has 142 valence electrons. The van der Waals surface area contributed by atoms with E-state index >= 15 is 0 Å². The average molecular weight is 361 g/mol. The van der Waals surface area contributed by atoms with Crippen molar-refractivity contribution in [1.82, 2.24) is 15.1 Å². The summed E-state index contributed by atoms with van der Waals surface area (Å²) < 4.78 is 13.6. The molecule has 0 spiro atoms. The summed E-state index contributed by atoms with van der Waals surface area (Å²) in [7, 11) is 0. The molecule has 26 heavy (non-hydrogen) atoms. The van der Waals surface area contributed by atoms with Crippen LogP contribution in [0.5, 0.6) is 0 Å². The highest BCUT2D eigenvalue weighted by Gasteiger charge is 2.29. The van der Waals surface area contributed by atoms with Gasteiger partial charge in [0, 0.05) is 46.1 Å². The molecular formula is C20H28FN3O2. The van der Waals surface area contributed by atoms with Gasteiger partial charge in [0.2, 0.25) is 11.8 Å². The van der Waals surface area contributed by atoms with Crippen molar-refractivity contribution in [2.45, 2.75) is 38.6 Å². The van der Waals surface area contributed by atoms with Crippen molar-refractivity contribution in [1.29, 1.82) is 0 Å². The number of hydrogen-bond acceptors (Lipinski definition) is 3. The Labute approximate surface area is 154 Å². The first-order valence-corrected chi connectivity index (χ1v) is 9.56. The van der Waals surface area contributed by atoms with E-state index in [1.807, 2.05) is 15.9 Å². The van der Waals surface area contributed by atoms with Crippen molar-refractivity contribution >= 4 is 11.8 Å². The maximum absolute atomic E-state index is 13.6. The maximum Gasteiger partial charge on any atom is 0.223 e. The second-order valence-corrected chi connectivity index (χ2v) is 7.35. The van der Waals surface area contributed by atoms with Gasteiger partial charge < -0.3 is 15.1 Å². The molecule has 1 aromatic rings. The van der Waals surface area contributed by atoms with E-state index in [1.165, 1.54) is 12.1 Å². The summed E-state index contributed by atoms with van der Waals surface area (Å²) in [5.41, 5.74) is 0.848. The van der Waals surface area contributed by atoms with Gasteiger partial charge in [-0.1, -0.05) is 12.1 Å². The molecule has 0 aromatic heterocycles. The zero-order valence-corrected chi connectivity index (χ0v) is 15.4. The number of likely N-dealkylation sites (tertiary alicyclic amines) is 1. The topological polar surface area (TPSA) is 52.7 Å². The lowest BCUT2D eigenvalue weighted by Crippen LogP contribution is -2.48. The molecule has 0 saturated carbocycles. The first-order valence-electron chi connectivity index (χ1n) is 9.56. The summed E-state index contributed by atoms with van der Waals surface area (Å²) in [6.45, 7) is 5.30. The highest BCUT2D eigenvalue weighted by atomic mass is 19.1. The van der Waals surface area contributed by atoms with Crippen LogP contribution in [0.3, 0.4) is 0 Å². The Morgan fingerprint density at radius 3 is 2.69 bits per heavy atom. The fraction of sp³-hybridized carbons (Fsp3) is 0.600. The molecule has 0 bridgehead atoms. The predicted octanol–water partition coefficient (Wildman–Crippen LogP) is 2.34. The number of benzene rings is 1. The number of halogens is 1. The van der Waals surface area contributed by atoms with Crippen molar-refractivity contribution in [2.24, 2.45) is 5.92 Å². The minimum atomic E-state index is -0.266. The molecule has 2 heterocycles. The molecule has 2 amide bonds. The van der Waals surface area contributed by atoms with Crippen LogP contribution < -0.4 is 5.32 Å². The zero-order valence-electron chi connectivity index (χ0n) is 15.4. The lowest BCUT2D eigenvalue weighted by atomic mass is 9.91. The van der Waals surface area contributed by atoms with Gasteiger partial charge in [0.1, 0.15) is 5.82 Å². The average Bonchev–Trinajstić information content (AvgIpc) is 2.66. The van der Waals surface area contributed by atoms with Crippen LogP contribution in [-0.4, -0.2) is 54.3 Å². The Morgan fingerprint density at radius 1 is 1.23 bits per heavy atom.